The van der Waals surface area contributed by atoms with Crippen LogP contribution in [0.1, 0.15) is 32.1 Å². The predicted molar refractivity (Wildman–Crippen MR) is 101 cm³/mol. The number of halogens is 2. The second-order valence-electron chi connectivity index (χ2n) is 6.38. The molecule has 1 aliphatic rings. The van der Waals surface area contributed by atoms with Crippen molar-refractivity contribution in [1.29, 1.82) is 0 Å². The van der Waals surface area contributed by atoms with Crippen LogP contribution < -0.4 is 5.32 Å². The van der Waals surface area contributed by atoms with Crippen LogP contribution in [0.5, 0.6) is 5.75 Å². The Morgan fingerprint density at radius 3 is 2.76 bits per heavy atom. The average molecular weight is 377 g/mol. The van der Waals surface area contributed by atoms with Crippen molar-refractivity contribution in [3.8, 4) is 17.0 Å². The number of hydrogen-bond acceptors (Lipinski definition) is 4. The molecule has 0 saturated heterocycles. The highest BCUT2D eigenvalue weighted by Gasteiger charge is 2.22. The molecule has 7 heteroatoms. The third-order valence-corrected chi connectivity index (χ3v) is 5.17. The summed E-state index contributed by atoms with van der Waals surface area (Å²) in [5, 5.41) is 14.7. The van der Waals surface area contributed by atoms with Crippen LogP contribution in [0.3, 0.4) is 0 Å². The van der Waals surface area contributed by atoms with Gasteiger partial charge in [0.1, 0.15) is 17.3 Å². The number of phenolic OH excluding ortho intramolecular Hbond substituents is 1. The standard InChI is InChI=1S/C18H18Cl2N4O/c19-11-8-13(17(25)14(20)9-11)16-18(22-12-4-2-1-3-5-12)24-7-6-21-10-15(24)23-16/h6-10,12,22,25H,1-5H2. The van der Waals surface area contributed by atoms with Crippen LogP contribution in [-0.2, 0) is 0 Å². The van der Waals surface area contributed by atoms with Crippen LogP contribution in [-0.4, -0.2) is 25.5 Å². The van der Waals surface area contributed by atoms with Crippen molar-refractivity contribution < 1.29 is 5.11 Å². The molecule has 1 fully saturated rings. The Labute approximate surface area is 155 Å². The summed E-state index contributed by atoms with van der Waals surface area (Å²) in [5.74, 6) is 0.812. The number of hydrogen-bond donors (Lipinski definition) is 2. The molecule has 1 saturated carbocycles. The highest BCUT2D eigenvalue weighted by Crippen LogP contribution is 2.41. The molecule has 2 N–H and O–H groups in total. The van der Waals surface area contributed by atoms with E-state index in [-0.39, 0.29) is 10.8 Å². The minimum absolute atomic E-state index is 0.0193. The van der Waals surface area contributed by atoms with Gasteiger partial charge in [0.05, 0.1) is 11.2 Å². The monoisotopic (exact) mass is 376 g/mol. The topological polar surface area (TPSA) is 62.5 Å². The van der Waals surface area contributed by atoms with Gasteiger partial charge in [-0.25, -0.2) is 4.98 Å². The number of aromatic hydroxyl groups is 1. The Hall–Kier alpha value is -1.98. The Bertz CT molecular complexity index is 919. The van der Waals surface area contributed by atoms with E-state index in [4.69, 9.17) is 23.2 Å². The zero-order valence-corrected chi connectivity index (χ0v) is 15.1. The van der Waals surface area contributed by atoms with Gasteiger partial charge in [-0.1, -0.05) is 42.5 Å². The van der Waals surface area contributed by atoms with Crippen molar-refractivity contribution in [1.82, 2.24) is 14.4 Å². The fourth-order valence-electron chi connectivity index (χ4n) is 3.42. The Morgan fingerprint density at radius 2 is 1.96 bits per heavy atom. The number of anilines is 1. The van der Waals surface area contributed by atoms with Gasteiger partial charge >= 0.3 is 0 Å². The summed E-state index contributed by atoms with van der Waals surface area (Å²) in [6.07, 6.45) is 11.3. The van der Waals surface area contributed by atoms with E-state index in [0.29, 0.717) is 28.0 Å². The number of fused-ring (bicyclic) bond motifs is 1. The van der Waals surface area contributed by atoms with Gasteiger partial charge in [-0.15, -0.1) is 0 Å². The number of benzene rings is 1. The zero-order valence-electron chi connectivity index (χ0n) is 13.5. The lowest BCUT2D eigenvalue weighted by atomic mass is 9.95. The van der Waals surface area contributed by atoms with Crippen molar-refractivity contribution in [2.24, 2.45) is 0 Å². The van der Waals surface area contributed by atoms with Gasteiger partial charge in [0.25, 0.3) is 0 Å². The SMILES string of the molecule is Oc1c(Cl)cc(Cl)cc1-c1nc2cnccn2c1NC1CCCCC1. The first-order chi connectivity index (χ1) is 12.1. The van der Waals surface area contributed by atoms with E-state index in [1.807, 2.05) is 10.6 Å². The number of nitrogens with one attached hydrogen (secondary N) is 1. The molecule has 4 rings (SSSR count). The van der Waals surface area contributed by atoms with Crippen LogP contribution in [0.4, 0.5) is 5.82 Å². The molecule has 0 aliphatic heterocycles. The number of imidazole rings is 1. The van der Waals surface area contributed by atoms with Crippen molar-refractivity contribution in [2.45, 2.75) is 38.1 Å². The molecule has 0 bridgehead atoms. The zero-order chi connectivity index (χ0) is 17.4. The minimum Gasteiger partial charge on any atom is -0.506 e. The largest absolute Gasteiger partial charge is 0.506 e. The van der Waals surface area contributed by atoms with E-state index in [9.17, 15) is 5.11 Å². The molecule has 2 aromatic heterocycles. The van der Waals surface area contributed by atoms with Gasteiger partial charge in [0.15, 0.2) is 5.65 Å². The first-order valence-corrected chi connectivity index (χ1v) is 9.16. The van der Waals surface area contributed by atoms with Crippen molar-refractivity contribution >= 4 is 34.7 Å². The first-order valence-electron chi connectivity index (χ1n) is 8.40. The summed E-state index contributed by atoms with van der Waals surface area (Å²) in [4.78, 5) is 8.79. The number of phenols is 1. The molecular formula is C18H18Cl2N4O. The highest BCUT2D eigenvalue weighted by molar-refractivity contribution is 6.36. The molecule has 2 heterocycles. The van der Waals surface area contributed by atoms with E-state index in [1.165, 1.54) is 25.3 Å². The molecule has 130 valence electrons. The second-order valence-corrected chi connectivity index (χ2v) is 7.22. The molecule has 1 aliphatic carbocycles. The molecule has 0 amide bonds. The van der Waals surface area contributed by atoms with Crippen LogP contribution in [0, 0.1) is 0 Å². The van der Waals surface area contributed by atoms with Crippen LogP contribution in [0.15, 0.2) is 30.7 Å². The summed E-state index contributed by atoms with van der Waals surface area (Å²) in [6.45, 7) is 0. The van der Waals surface area contributed by atoms with Crippen LogP contribution in [0.2, 0.25) is 10.0 Å². The summed E-state index contributed by atoms with van der Waals surface area (Å²) in [5.41, 5.74) is 1.84. The molecule has 25 heavy (non-hydrogen) atoms. The second kappa shape index (κ2) is 6.73. The molecule has 5 nitrogen and oxygen atoms in total. The number of nitrogens with zero attached hydrogens (tertiary/aromatic N) is 3. The number of aromatic nitrogens is 3. The molecule has 0 radical (unpaired) electrons. The lowest BCUT2D eigenvalue weighted by molar-refractivity contribution is 0.461. The van der Waals surface area contributed by atoms with Crippen molar-refractivity contribution in [2.75, 3.05) is 5.32 Å². The predicted octanol–water partition coefficient (Wildman–Crippen LogP) is 5.15. The van der Waals surface area contributed by atoms with Gasteiger partial charge in [0, 0.05) is 29.0 Å². The lowest BCUT2D eigenvalue weighted by Gasteiger charge is -2.24. The molecule has 1 aromatic carbocycles. The molecular weight excluding hydrogens is 359 g/mol. The van der Waals surface area contributed by atoms with E-state index in [0.717, 1.165) is 18.7 Å². The van der Waals surface area contributed by atoms with Crippen LogP contribution in [0.25, 0.3) is 16.9 Å². The number of rotatable bonds is 3. The molecule has 0 spiro atoms. The maximum atomic E-state index is 10.4. The average Bonchev–Trinajstić information content (AvgIpc) is 2.97. The van der Waals surface area contributed by atoms with E-state index in [2.05, 4.69) is 15.3 Å². The maximum Gasteiger partial charge on any atom is 0.157 e. The summed E-state index contributed by atoms with van der Waals surface area (Å²) < 4.78 is 1.95. The fraction of sp³-hybridized carbons (Fsp3) is 0.333. The van der Waals surface area contributed by atoms with E-state index in [1.54, 1.807) is 18.5 Å². The Morgan fingerprint density at radius 1 is 1.16 bits per heavy atom. The summed E-state index contributed by atoms with van der Waals surface area (Å²) in [6, 6.07) is 3.59. The first kappa shape index (κ1) is 16.5. The normalized spacial score (nSPS) is 15.6. The maximum absolute atomic E-state index is 10.4. The third-order valence-electron chi connectivity index (χ3n) is 4.66. The summed E-state index contributed by atoms with van der Waals surface area (Å²) in [7, 11) is 0. The Balaban J connectivity index is 1.87. The molecule has 0 unspecified atom stereocenters. The summed E-state index contributed by atoms with van der Waals surface area (Å²) >= 11 is 12.3. The smallest absolute Gasteiger partial charge is 0.157 e. The van der Waals surface area contributed by atoms with Crippen molar-refractivity contribution in [3.63, 3.8) is 0 Å². The van der Waals surface area contributed by atoms with Crippen LogP contribution >= 0.6 is 23.2 Å². The van der Waals surface area contributed by atoms with Gasteiger partial charge in [0.2, 0.25) is 0 Å². The lowest BCUT2D eigenvalue weighted by Crippen LogP contribution is -2.23. The fourth-order valence-corrected chi connectivity index (χ4v) is 3.91. The Kier molecular flexibility index (Phi) is 4.44. The van der Waals surface area contributed by atoms with Gasteiger partial charge in [-0.3, -0.25) is 9.38 Å². The van der Waals surface area contributed by atoms with Gasteiger partial charge in [-0.2, -0.15) is 0 Å². The molecule has 3 aromatic rings. The highest BCUT2D eigenvalue weighted by atomic mass is 35.5. The minimum atomic E-state index is -0.0193. The quantitative estimate of drug-likeness (QED) is 0.662. The van der Waals surface area contributed by atoms with Crippen molar-refractivity contribution in [3.05, 3.63) is 40.8 Å². The molecule has 0 atom stereocenters. The van der Waals surface area contributed by atoms with E-state index >= 15 is 0 Å². The van der Waals surface area contributed by atoms with Gasteiger partial charge in [-0.05, 0) is 25.0 Å². The van der Waals surface area contributed by atoms with Gasteiger partial charge < -0.3 is 10.4 Å². The third kappa shape index (κ3) is 3.14. The van der Waals surface area contributed by atoms with E-state index < -0.39 is 0 Å².